The number of hydrogen-bond donors (Lipinski definition) is 1. The Kier molecular flexibility index (Phi) is 2.94. The monoisotopic (exact) mass is 139 g/mol. The van der Waals surface area contributed by atoms with Crippen LogP contribution in [0.25, 0.3) is 0 Å². The Morgan fingerprint density at radius 1 is 1.40 bits per heavy atom. The van der Waals surface area contributed by atoms with Gasteiger partial charge in [-0.05, 0) is 44.1 Å². The lowest BCUT2D eigenvalue weighted by atomic mass is 9.71. The van der Waals surface area contributed by atoms with Gasteiger partial charge in [0.2, 0.25) is 0 Å². The standard InChI is InChI=1S/C9H17N/c1-2-3-4-8-5-6-9(8)7-10/h2,8-9H,1,3-7,10H2. The highest BCUT2D eigenvalue weighted by molar-refractivity contribution is 4.83. The van der Waals surface area contributed by atoms with Crippen LogP contribution in [0.4, 0.5) is 0 Å². The molecule has 1 rings (SSSR count). The maximum Gasteiger partial charge on any atom is -0.00462 e. The van der Waals surface area contributed by atoms with Crippen LogP contribution in [0.15, 0.2) is 12.7 Å². The first kappa shape index (κ1) is 7.80. The van der Waals surface area contributed by atoms with Crippen LogP contribution >= 0.6 is 0 Å². The van der Waals surface area contributed by atoms with E-state index in [-0.39, 0.29) is 0 Å². The summed E-state index contributed by atoms with van der Waals surface area (Å²) >= 11 is 0. The zero-order valence-electron chi connectivity index (χ0n) is 6.55. The SMILES string of the molecule is C=CCCC1CCC1CN. The van der Waals surface area contributed by atoms with E-state index in [1.807, 2.05) is 6.08 Å². The molecule has 1 saturated carbocycles. The molecule has 0 saturated heterocycles. The molecule has 0 aromatic carbocycles. The Bertz CT molecular complexity index is 107. The van der Waals surface area contributed by atoms with Crippen LogP contribution in [0, 0.1) is 11.8 Å². The summed E-state index contributed by atoms with van der Waals surface area (Å²) in [7, 11) is 0. The van der Waals surface area contributed by atoms with Gasteiger partial charge >= 0.3 is 0 Å². The molecule has 0 radical (unpaired) electrons. The first-order chi connectivity index (χ1) is 4.88. The van der Waals surface area contributed by atoms with E-state index < -0.39 is 0 Å². The second-order valence-corrected chi connectivity index (χ2v) is 3.20. The summed E-state index contributed by atoms with van der Waals surface area (Å²) in [6.45, 7) is 4.60. The summed E-state index contributed by atoms with van der Waals surface area (Å²) in [4.78, 5) is 0. The molecule has 10 heavy (non-hydrogen) atoms. The van der Waals surface area contributed by atoms with Gasteiger partial charge in [0.25, 0.3) is 0 Å². The highest BCUT2D eigenvalue weighted by atomic mass is 14.6. The fourth-order valence-corrected chi connectivity index (χ4v) is 1.66. The van der Waals surface area contributed by atoms with E-state index in [0.29, 0.717) is 0 Å². The van der Waals surface area contributed by atoms with Crippen LogP contribution in [-0.4, -0.2) is 6.54 Å². The fraction of sp³-hybridized carbons (Fsp3) is 0.778. The lowest BCUT2D eigenvalue weighted by Gasteiger charge is -2.35. The van der Waals surface area contributed by atoms with Crippen molar-refractivity contribution in [1.82, 2.24) is 0 Å². The molecule has 0 heterocycles. The Hall–Kier alpha value is -0.300. The van der Waals surface area contributed by atoms with Crippen molar-refractivity contribution in [3.05, 3.63) is 12.7 Å². The highest BCUT2D eigenvalue weighted by Crippen LogP contribution is 2.36. The molecule has 2 unspecified atom stereocenters. The second kappa shape index (κ2) is 3.77. The van der Waals surface area contributed by atoms with Crippen molar-refractivity contribution in [3.63, 3.8) is 0 Å². The third-order valence-electron chi connectivity index (χ3n) is 2.62. The molecule has 0 aromatic rings. The Balaban J connectivity index is 2.10. The van der Waals surface area contributed by atoms with Crippen molar-refractivity contribution < 1.29 is 0 Å². The van der Waals surface area contributed by atoms with Gasteiger partial charge in [-0.15, -0.1) is 6.58 Å². The Morgan fingerprint density at radius 2 is 2.10 bits per heavy atom. The molecule has 0 bridgehead atoms. The summed E-state index contributed by atoms with van der Waals surface area (Å²) in [5.74, 6) is 1.75. The summed E-state index contributed by atoms with van der Waals surface area (Å²) < 4.78 is 0. The van der Waals surface area contributed by atoms with E-state index in [2.05, 4.69) is 6.58 Å². The summed E-state index contributed by atoms with van der Waals surface area (Å²) in [5.41, 5.74) is 5.57. The van der Waals surface area contributed by atoms with Gasteiger partial charge < -0.3 is 5.73 Å². The van der Waals surface area contributed by atoms with Crippen molar-refractivity contribution in [2.75, 3.05) is 6.54 Å². The zero-order chi connectivity index (χ0) is 7.40. The zero-order valence-corrected chi connectivity index (χ0v) is 6.55. The van der Waals surface area contributed by atoms with E-state index in [1.54, 1.807) is 0 Å². The molecular formula is C9H17N. The quantitative estimate of drug-likeness (QED) is 0.592. The van der Waals surface area contributed by atoms with Crippen molar-refractivity contribution >= 4 is 0 Å². The van der Waals surface area contributed by atoms with Crippen molar-refractivity contribution in [2.45, 2.75) is 25.7 Å². The molecule has 58 valence electrons. The molecule has 0 spiro atoms. The molecule has 1 fully saturated rings. The topological polar surface area (TPSA) is 26.0 Å². The molecule has 0 aliphatic heterocycles. The average Bonchev–Trinajstić information content (AvgIpc) is 1.88. The summed E-state index contributed by atoms with van der Waals surface area (Å²) in [6.07, 6.45) is 7.24. The molecule has 2 N–H and O–H groups in total. The average molecular weight is 139 g/mol. The molecule has 2 atom stereocenters. The van der Waals surface area contributed by atoms with E-state index >= 15 is 0 Å². The van der Waals surface area contributed by atoms with Crippen LogP contribution < -0.4 is 5.73 Å². The Morgan fingerprint density at radius 3 is 2.50 bits per heavy atom. The van der Waals surface area contributed by atoms with Crippen LogP contribution in [-0.2, 0) is 0 Å². The number of hydrogen-bond acceptors (Lipinski definition) is 1. The van der Waals surface area contributed by atoms with Crippen molar-refractivity contribution in [3.8, 4) is 0 Å². The number of allylic oxidation sites excluding steroid dienone is 1. The van der Waals surface area contributed by atoms with Crippen LogP contribution in [0.5, 0.6) is 0 Å². The predicted molar refractivity (Wildman–Crippen MR) is 44.7 cm³/mol. The minimum absolute atomic E-state index is 0.833. The van der Waals surface area contributed by atoms with Gasteiger partial charge in [0, 0.05) is 0 Å². The smallest absolute Gasteiger partial charge is 0.00462 e. The highest BCUT2D eigenvalue weighted by Gasteiger charge is 2.28. The molecule has 1 aliphatic rings. The van der Waals surface area contributed by atoms with Gasteiger partial charge in [0.15, 0.2) is 0 Å². The van der Waals surface area contributed by atoms with E-state index in [1.165, 1.54) is 25.7 Å². The normalized spacial score (nSPS) is 31.3. The maximum atomic E-state index is 5.57. The van der Waals surface area contributed by atoms with Gasteiger partial charge in [-0.2, -0.15) is 0 Å². The van der Waals surface area contributed by atoms with E-state index in [4.69, 9.17) is 5.73 Å². The van der Waals surface area contributed by atoms with Crippen molar-refractivity contribution in [2.24, 2.45) is 17.6 Å². The van der Waals surface area contributed by atoms with Gasteiger partial charge in [-0.1, -0.05) is 6.08 Å². The lowest BCUT2D eigenvalue weighted by Crippen LogP contribution is -2.32. The first-order valence-electron chi connectivity index (χ1n) is 4.19. The minimum Gasteiger partial charge on any atom is -0.330 e. The van der Waals surface area contributed by atoms with Crippen LogP contribution in [0.3, 0.4) is 0 Å². The molecular weight excluding hydrogens is 122 g/mol. The van der Waals surface area contributed by atoms with Gasteiger partial charge in [-0.3, -0.25) is 0 Å². The van der Waals surface area contributed by atoms with Gasteiger partial charge in [0.1, 0.15) is 0 Å². The number of rotatable bonds is 4. The largest absolute Gasteiger partial charge is 0.330 e. The number of nitrogens with two attached hydrogens (primary N) is 1. The molecule has 1 nitrogen and oxygen atoms in total. The fourth-order valence-electron chi connectivity index (χ4n) is 1.66. The third-order valence-corrected chi connectivity index (χ3v) is 2.62. The van der Waals surface area contributed by atoms with Crippen molar-refractivity contribution in [1.29, 1.82) is 0 Å². The summed E-state index contributed by atoms with van der Waals surface area (Å²) in [6, 6.07) is 0. The van der Waals surface area contributed by atoms with E-state index in [0.717, 1.165) is 18.4 Å². The van der Waals surface area contributed by atoms with Gasteiger partial charge in [-0.25, -0.2) is 0 Å². The van der Waals surface area contributed by atoms with Crippen LogP contribution in [0.2, 0.25) is 0 Å². The molecule has 1 heteroatoms. The summed E-state index contributed by atoms with van der Waals surface area (Å²) in [5, 5.41) is 0. The van der Waals surface area contributed by atoms with Gasteiger partial charge in [0.05, 0.1) is 0 Å². The minimum atomic E-state index is 0.833. The lowest BCUT2D eigenvalue weighted by molar-refractivity contribution is 0.173. The maximum absolute atomic E-state index is 5.57. The molecule has 0 aromatic heterocycles. The second-order valence-electron chi connectivity index (χ2n) is 3.20. The predicted octanol–water partition coefficient (Wildman–Crippen LogP) is 1.94. The molecule has 1 aliphatic carbocycles. The first-order valence-corrected chi connectivity index (χ1v) is 4.19. The molecule has 0 amide bonds. The van der Waals surface area contributed by atoms with E-state index in [9.17, 15) is 0 Å². The Labute approximate surface area is 63.3 Å². The van der Waals surface area contributed by atoms with Crippen LogP contribution in [0.1, 0.15) is 25.7 Å². The third kappa shape index (κ3) is 1.60.